The van der Waals surface area contributed by atoms with Crippen LogP contribution in [0.4, 0.5) is 0 Å². The first-order chi connectivity index (χ1) is 8.86. The van der Waals surface area contributed by atoms with Crippen molar-refractivity contribution in [2.75, 3.05) is 11.8 Å². The molecule has 0 unspecified atom stereocenters. The van der Waals surface area contributed by atoms with Crippen molar-refractivity contribution in [1.82, 2.24) is 0 Å². The molecule has 0 saturated heterocycles. The molecule has 0 saturated carbocycles. The zero-order valence-electron chi connectivity index (χ0n) is 10.7. The highest BCUT2D eigenvalue weighted by atomic mass is 32.2. The van der Waals surface area contributed by atoms with Gasteiger partial charge in [0.05, 0.1) is 0 Å². The highest BCUT2D eigenvalue weighted by Crippen LogP contribution is 2.14. The van der Waals surface area contributed by atoms with Crippen LogP contribution in [0.1, 0.15) is 0 Å². The minimum atomic E-state index is 0. The predicted octanol–water partition coefficient (Wildman–Crippen LogP) is 3.50. The fourth-order valence-corrected chi connectivity index (χ4v) is 2.31. The second-order valence-corrected chi connectivity index (χ2v) is 5.43. The summed E-state index contributed by atoms with van der Waals surface area (Å²) in [6.07, 6.45) is 0. The number of hydrogen-bond donors (Lipinski definition) is 2. The van der Waals surface area contributed by atoms with Crippen LogP contribution in [0, 0.1) is 0 Å². The summed E-state index contributed by atoms with van der Waals surface area (Å²) >= 11 is 3.31. The van der Waals surface area contributed by atoms with Gasteiger partial charge < -0.3 is 11.5 Å². The Labute approximate surface area is 130 Å². The van der Waals surface area contributed by atoms with Crippen LogP contribution in [-0.4, -0.2) is 11.8 Å². The molecule has 0 aliphatic carbocycles. The molecule has 0 aliphatic heterocycles. The lowest BCUT2D eigenvalue weighted by Gasteiger charge is -1.93. The van der Waals surface area contributed by atoms with E-state index in [1.54, 1.807) is 23.5 Å². The van der Waals surface area contributed by atoms with E-state index in [-0.39, 0.29) is 13.5 Å². The van der Waals surface area contributed by atoms with E-state index in [0.717, 1.165) is 0 Å². The minimum absolute atomic E-state index is 0. The van der Waals surface area contributed by atoms with Crippen LogP contribution in [-0.2, 0) is 0 Å². The molecule has 0 aliphatic rings. The molecule has 5 heteroatoms. The van der Waals surface area contributed by atoms with E-state index < -0.39 is 0 Å². The summed E-state index contributed by atoms with van der Waals surface area (Å²) in [7, 11) is 0. The quantitative estimate of drug-likeness (QED) is 0.670. The van der Waals surface area contributed by atoms with Crippen LogP contribution < -0.4 is 11.5 Å². The summed E-state index contributed by atoms with van der Waals surface area (Å²) in [6, 6.07) is 20.3. The van der Waals surface area contributed by atoms with E-state index in [0.29, 0.717) is 11.8 Å². The Kier molecular flexibility index (Phi) is 12.1. The number of nitrogens with two attached hydrogens (primary N) is 2. The average Bonchev–Trinajstić information content (AvgIpc) is 2.43. The summed E-state index contributed by atoms with van der Waals surface area (Å²) in [4.78, 5) is 2.47. The third kappa shape index (κ3) is 9.02. The molecule has 2 rings (SSSR count). The Morgan fingerprint density at radius 3 is 1.21 bits per heavy atom. The van der Waals surface area contributed by atoms with Gasteiger partial charge in [0.15, 0.2) is 0 Å². The van der Waals surface area contributed by atoms with Gasteiger partial charge in [-0.25, -0.2) is 0 Å². The molecule has 0 amide bonds. The van der Waals surface area contributed by atoms with Gasteiger partial charge in [0, 0.05) is 21.5 Å². The molecule has 0 spiro atoms. The maximum atomic E-state index is 5.32. The molecular weight excluding hydrogens is 292 g/mol. The van der Waals surface area contributed by atoms with E-state index >= 15 is 0 Å². The monoisotopic (exact) mass is 312 g/mol. The number of hydrogen-bond acceptors (Lipinski definition) is 4. The highest BCUT2D eigenvalue weighted by Gasteiger charge is 1.85. The van der Waals surface area contributed by atoms with Crippen molar-refractivity contribution >= 4 is 37.0 Å². The van der Waals surface area contributed by atoms with Gasteiger partial charge in [-0.2, -0.15) is 13.5 Å². The van der Waals surface area contributed by atoms with E-state index in [1.165, 1.54) is 9.79 Å². The Hall–Kier alpha value is -0.590. The molecule has 4 N–H and O–H groups in total. The first kappa shape index (κ1) is 18.4. The number of rotatable bonds is 4. The zero-order valence-corrected chi connectivity index (χ0v) is 13.3. The SMILES string of the molecule is NCSc1ccccc1.NCSc1ccccc1.S. The first-order valence-electron chi connectivity index (χ1n) is 5.62. The van der Waals surface area contributed by atoms with Crippen molar-refractivity contribution in [2.24, 2.45) is 11.5 Å². The van der Waals surface area contributed by atoms with Crippen LogP contribution >= 0.6 is 37.0 Å². The molecule has 0 atom stereocenters. The fourth-order valence-electron chi connectivity index (χ4n) is 1.23. The number of thioether (sulfide) groups is 2. The van der Waals surface area contributed by atoms with Crippen LogP contribution in [0.3, 0.4) is 0 Å². The van der Waals surface area contributed by atoms with Gasteiger partial charge in [-0.1, -0.05) is 36.4 Å². The van der Waals surface area contributed by atoms with Gasteiger partial charge in [0.2, 0.25) is 0 Å². The lowest BCUT2D eigenvalue weighted by Crippen LogP contribution is -1.90. The van der Waals surface area contributed by atoms with Crippen LogP contribution in [0.15, 0.2) is 70.5 Å². The predicted molar refractivity (Wildman–Crippen MR) is 93.1 cm³/mol. The molecule has 0 fully saturated rings. The molecule has 19 heavy (non-hydrogen) atoms. The Morgan fingerprint density at radius 2 is 0.947 bits per heavy atom. The second kappa shape index (κ2) is 12.4. The summed E-state index contributed by atoms with van der Waals surface area (Å²) in [6.45, 7) is 0. The van der Waals surface area contributed by atoms with Gasteiger partial charge in [-0.05, 0) is 24.3 Å². The number of benzene rings is 2. The van der Waals surface area contributed by atoms with Gasteiger partial charge in [0.1, 0.15) is 0 Å². The molecule has 2 aromatic carbocycles. The largest absolute Gasteiger partial charge is 0.322 e. The second-order valence-electron chi connectivity index (χ2n) is 3.25. The van der Waals surface area contributed by atoms with Crippen molar-refractivity contribution in [1.29, 1.82) is 0 Å². The molecule has 2 nitrogen and oxygen atoms in total. The maximum absolute atomic E-state index is 5.32. The smallest absolute Gasteiger partial charge is 0.0440 e. The summed E-state index contributed by atoms with van der Waals surface area (Å²) in [5, 5.41) is 0. The van der Waals surface area contributed by atoms with Gasteiger partial charge in [0.25, 0.3) is 0 Å². The van der Waals surface area contributed by atoms with Crippen molar-refractivity contribution < 1.29 is 0 Å². The third-order valence-corrected chi connectivity index (χ3v) is 3.53. The van der Waals surface area contributed by atoms with Crippen LogP contribution in [0.25, 0.3) is 0 Å². The van der Waals surface area contributed by atoms with Crippen molar-refractivity contribution in [3.63, 3.8) is 0 Å². The Morgan fingerprint density at radius 1 is 0.632 bits per heavy atom. The van der Waals surface area contributed by atoms with Gasteiger partial charge in [-0.15, -0.1) is 23.5 Å². The van der Waals surface area contributed by atoms with E-state index in [9.17, 15) is 0 Å². The highest BCUT2D eigenvalue weighted by molar-refractivity contribution is 7.99. The molecule has 104 valence electrons. The van der Waals surface area contributed by atoms with E-state index in [1.807, 2.05) is 36.4 Å². The van der Waals surface area contributed by atoms with Crippen LogP contribution in [0.2, 0.25) is 0 Å². The standard InChI is InChI=1S/2C7H9NS.H2S/c2*8-6-9-7-4-2-1-3-5-7;/h2*1-5H,6,8H2;1H2. The van der Waals surface area contributed by atoms with Gasteiger partial charge >= 0.3 is 0 Å². The summed E-state index contributed by atoms with van der Waals surface area (Å²) in [5.41, 5.74) is 10.6. The topological polar surface area (TPSA) is 52.0 Å². The molecule has 2 aromatic rings. The Balaban J connectivity index is 0.000000324. The lowest BCUT2D eigenvalue weighted by atomic mass is 10.4. The third-order valence-electron chi connectivity index (χ3n) is 1.99. The van der Waals surface area contributed by atoms with Crippen LogP contribution in [0.5, 0.6) is 0 Å². The molecule has 0 bridgehead atoms. The molecule has 0 aromatic heterocycles. The van der Waals surface area contributed by atoms with E-state index in [4.69, 9.17) is 11.5 Å². The normalized spacial score (nSPS) is 8.95. The first-order valence-corrected chi connectivity index (χ1v) is 7.59. The Bertz CT molecular complexity index is 368. The van der Waals surface area contributed by atoms with Crippen molar-refractivity contribution in [3.05, 3.63) is 60.7 Å². The molecular formula is C14H20N2S3. The lowest BCUT2D eigenvalue weighted by molar-refractivity contribution is 1.37. The van der Waals surface area contributed by atoms with Crippen molar-refractivity contribution in [3.8, 4) is 0 Å². The van der Waals surface area contributed by atoms with Crippen molar-refractivity contribution in [2.45, 2.75) is 9.79 Å². The zero-order chi connectivity index (χ0) is 13.1. The average molecular weight is 313 g/mol. The van der Waals surface area contributed by atoms with E-state index in [2.05, 4.69) is 24.3 Å². The fraction of sp³-hybridized carbons (Fsp3) is 0.143. The van der Waals surface area contributed by atoms with Gasteiger partial charge in [-0.3, -0.25) is 0 Å². The molecule has 0 heterocycles. The molecule has 0 radical (unpaired) electrons. The summed E-state index contributed by atoms with van der Waals surface area (Å²) < 4.78 is 0. The minimum Gasteiger partial charge on any atom is -0.322 e. The summed E-state index contributed by atoms with van der Waals surface area (Å²) in [5.74, 6) is 1.31. The maximum Gasteiger partial charge on any atom is 0.0440 e.